The van der Waals surface area contributed by atoms with Gasteiger partial charge in [-0.2, -0.15) is 0 Å². The Balaban J connectivity index is 1.89. The molecular weight excluding hydrogens is 220 g/mol. The Labute approximate surface area is 100 Å². The summed E-state index contributed by atoms with van der Waals surface area (Å²) < 4.78 is 1.68. The molecule has 0 aliphatic carbocycles. The number of hydrogen-bond acceptors (Lipinski definition) is 4. The summed E-state index contributed by atoms with van der Waals surface area (Å²) in [7, 11) is 1.84. The zero-order valence-electron chi connectivity index (χ0n) is 10.3. The van der Waals surface area contributed by atoms with Crippen LogP contribution in [0.3, 0.4) is 0 Å². The van der Waals surface area contributed by atoms with Crippen LogP contribution >= 0.6 is 0 Å². The molecule has 1 fully saturated rings. The van der Waals surface area contributed by atoms with Gasteiger partial charge >= 0.3 is 5.97 Å². The highest BCUT2D eigenvalue weighted by atomic mass is 16.4. The maximum Gasteiger partial charge on any atom is 0.309 e. The smallest absolute Gasteiger partial charge is 0.309 e. The first-order valence-electron chi connectivity index (χ1n) is 5.80. The van der Waals surface area contributed by atoms with Crippen LogP contribution in [-0.2, 0) is 18.4 Å². The highest BCUT2D eigenvalue weighted by molar-refractivity contribution is 5.74. The third kappa shape index (κ3) is 2.63. The molecule has 2 heterocycles. The lowest BCUT2D eigenvalue weighted by Gasteiger charge is -2.35. The summed E-state index contributed by atoms with van der Waals surface area (Å²) in [5.41, 5.74) is 0.380. The maximum absolute atomic E-state index is 11.1. The third-order valence-electron chi connectivity index (χ3n) is 3.51. The molecule has 94 valence electrons. The van der Waals surface area contributed by atoms with Crippen molar-refractivity contribution in [2.24, 2.45) is 12.5 Å². The molecule has 1 aliphatic heterocycles. The van der Waals surface area contributed by atoms with Gasteiger partial charge in [-0.3, -0.25) is 14.4 Å². The van der Waals surface area contributed by atoms with Crippen LogP contribution in [0.1, 0.15) is 25.5 Å². The molecule has 0 atom stereocenters. The minimum atomic E-state index is -0.684. The number of hydrogen-bond donors (Lipinski definition) is 1. The van der Waals surface area contributed by atoms with Crippen LogP contribution < -0.4 is 0 Å². The fourth-order valence-electron chi connectivity index (χ4n) is 2.12. The highest BCUT2D eigenvalue weighted by Gasteiger charge is 2.36. The molecule has 2 rings (SSSR count). The Morgan fingerprint density at radius 1 is 1.53 bits per heavy atom. The average molecular weight is 238 g/mol. The zero-order chi connectivity index (χ0) is 12.5. The lowest BCUT2D eigenvalue weighted by Crippen LogP contribution is -2.42. The standard InChI is InChI=1S/C11H18N4O2/c1-11(10(16)17)3-5-15(6-4-11)8-9-7-14(2)13-12-9/h7H,3-6,8H2,1-2H3,(H,16,17). The molecule has 1 aromatic heterocycles. The minimum Gasteiger partial charge on any atom is -0.481 e. The average Bonchev–Trinajstić information content (AvgIpc) is 2.67. The normalized spacial score (nSPS) is 20.4. The Kier molecular flexibility index (Phi) is 3.15. The second kappa shape index (κ2) is 4.44. The molecule has 0 saturated carbocycles. The number of carboxylic acids is 1. The fraction of sp³-hybridized carbons (Fsp3) is 0.727. The van der Waals surface area contributed by atoms with Crippen LogP contribution in [0.4, 0.5) is 0 Å². The Hall–Kier alpha value is -1.43. The monoisotopic (exact) mass is 238 g/mol. The summed E-state index contributed by atoms with van der Waals surface area (Å²) in [6, 6.07) is 0. The van der Waals surface area contributed by atoms with Gasteiger partial charge in [0.15, 0.2) is 0 Å². The van der Waals surface area contributed by atoms with Gasteiger partial charge in [0.05, 0.1) is 11.1 Å². The molecule has 0 amide bonds. The lowest BCUT2D eigenvalue weighted by atomic mass is 9.80. The summed E-state index contributed by atoms with van der Waals surface area (Å²) in [6.07, 6.45) is 3.29. The van der Waals surface area contributed by atoms with Crippen molar-refractivity contribution in [3.8, 4) is 0 Å². The van der Waals surface area contributed by atoms with Gasteiger partial charge in [-0.15, -0.1) is 5.10 Å². The molecule has 0 radical (unpaired) electrons. The van der Waals surface area contributed by atoms with Crippen LogP contribution in [0.25, 0.3) is 0 Å². The van der Waals surface area contributed by atoms with Crippen molar-refractivity contribution in [3.63, 3.8) is 0 Å². The zero-order valence-corrected chi connectivity index (χ0v) is 10.3. The second-order valence-electron chi connectivity index (χ2n) is 5.03. The Morgan fingerprint density at radius 2 is 2.18 bits per heavy atom. The van der Waals surface area contributed by atoms with E-state index in [9.17, 15) is 4.79 Å². The SMILES string of the molecule is Cn1cc(CN2CCC(C)(C(=O)O)CC2)nn1. The van der Waals surface area contributed by atoms with Gasteiger partial charge in [-0.1, -0.05) is 5.21 Å². The van der Waals surface area contributed by atoms with Crippen LogP contribution in [0.15, 0.2) is 6.20 Å². The summed E-state index contributed by atoms with van der Waals surface area (Å²) in [5, 5.41) is 17.1. The van der Waals surface area contributed by atoms with Crippen molar-refractivity contribution in [2.45, 2.75) is 26.3 Å². The molecule has 0 bridgehead atoms. The van der Waals surface area contributed by atoms with E-state index in [4.69, 9.17) is 5.11 Å². The van der Waals surface area contributed by atoms with E-state index in [1.165, 1.54) is 0 Å². The van der Waals surface area contributed by atoms with Gasteiger partial charge < -0.3 is 5.11 Å². The first kappa shape index (κ1) is 12.0. The summed E-state index contributed by atoms with van der Waals surface area (Å²) in [6.45, 7) is 4.19. The van der Waals surface area contributed by atoms with Gasteiger partial charge in [0.25, 0.3) is 0 Å². The number of nitrogens with zero attached hydrogens (tertiary/aromatic N) is 4. The van der Waals surface area contributed by atoms with E-state index >= 15 is 0 Å². The number of aryl methyl sites for hydroxylation is 1. The molecule has 1 N–H and O–H groups in total. The predicted molar refractivity (Wildman–Crippen MR) is 61.3 cm³/mol. The Morgan fingerprint density at radius 3 is 2.65 bits per heavy atom. The molecule has 1 aromatic rings. The lowest BCUT2D eigenvalue weighted by molar-refractivity contribution is -0.150. The Bertz CT molecular complexity index is 407. The van der Waals surface area contributed by atoms with Crippen molar-refractivity contribution < 1.29 is 9.90 Å². The van der Waals surface area contributed by atoms with Gasteiger partial charge in [0, 0.05) is 19.8 Å². The van der Waals surface area contributed by atoms with Crippen LogP contribution in [0, 0.1) is 5.41 Å². The molecule has 0 aromatic carbocycles. The van der Waals surface area contributed by atoms with Crippen molar-refractivity contribution >= 4 is 5.97 Å². The first-order chi connectivity index (χ1) is 7.99. The van der Waals surface area contributed by atoms with E-state index < -0.39 is 11.4 Å². The van der Waals surface area contributed by atoms with E-state index in [0.717, 1.165) is 25.3 Å². The number of aromatic nitrogens is 3. The van der Waals surface area contributed by atoms with Crippen LogP contribution in [-0.4, -0.2) is 44.1 Å². The van der Waals surface area contributed by atoms with E-state index in [1.807, 2.05) is 20.2 Å². The molecule has 17 heavy (non-hydrogen) atoms. The number of carboxylic acid groups (broad SMARTS) is 1. The van der Waals surface area contributed by atoms with Crippen LogP contribution in [0.5, 0.6) is 0 Å². The molecule has 6 nitrogen and oxygen atoms in total. The van der Waals surface area contributed by atoms with Gasteiger partial charge in [-0.25, -0.2) is 0 Å². The minimum absolute atomic E-state index is 0.557. The molecule has 1 aliphatic rings. The summed E-state index contributed by atoms with van der Waals surface area (Å²) >= 11 is 0. The molecule has 1 saturated heterocycles. The van der Waals surface area contributed by atoms with Gasteiger partial charge in [0.1, 0.15) is 0 Å². The van der Waals surface area contributed by atoms with E-state index in [-0.39, 0.29) is 0 Å². The van der Waals surface area contributed by atoms with E-state index in [0.29, 0.717) is 12.8 Å². The first-order valence-corrected chi connectivity index (χ1v) is 5.80. The highest BCUT2D eigenvalue weighted by Crippen LogP contribution is 2.31. The van der Waals surface area contributed by atoms with Crippen molar-refractivity contribution in [2.75, 3.05) is 13.1 Å². The second-order valence-corrected chi connectivity index (χ2v) is 5.03. The van der Waals surface area contributed by atoms with E-state index in [2.05, 4.69) is 15.2 Å². The molecule has 0 unspecified atom stereocenters. The summed E-state index contributed by atoms with van der Waals surface area (Å²) in [5.74, 6) is -0.684. The largest absolute Gasteiger partial charge is 0.481 e. The molecule has 6 heteroatoms. The quantitative estimate of drug-likeness (QED) is 0.830. The van der Waals surface area contributed by atoms with Crippen molar-refractivity contribution in [1.29, 1.82) is 0 Å². The number of likely N-dealkylation sites (tertiary alicyclic amines) is 1. The predicted octanol–water partition coefficient (Wildman–Crippen LogP) is 0.502. The number of rotatable bonds is 3. The van der Waals surface area contributed by atoms with Crippen molar-refractivity contribution in [3.05, 3.63) is 11.9 Å². The third-order valence-corrected chi connectivity index (χ3v) is 3.51. The maximum atomic E-state index is 11.1. The fourth-order valence-corrected chi connectivity index (χ4v) is 2.12. The number of carbonyl (C=O) groups is 1. The molecular formula is C11H18N4O2. The summed E-state index contributed by atoms with van der Waals surface area (Å²) in [4.78, 5) is 13.3. The molecule has 0 spiro atoms. The number of aliphatic carboxylic acids is 1. The van der Waals surface area contributed by atoms with E-state index in [1.54, 1.807) is 4.68 Å². The van der Waals surface area contributed by atoms with Crippen molar-refractivity contribution in [1.82, 2.24) is 19.9 Å². The van der Waals surface area contributed by atoms with Crippen LogP contribution in [0.2, 0.25) is 0 Å². The van der Waals surface area contributed by atoms with Gasteiger partial charge in [0.2, 0.25) is 0 Å². The van der Waals surface area contributed by atoms with Gasteiger partial charge in [-0.05, 0) is 32.9 Å². The topological polar surface area (TPSA) is 71.2 Å². The number of piperidine rings is 1.